The molecule has 0 aliphatic rings. The van der Waals surface area contributed by atoms with Crippen LogP contribution >= 0.6 is 23.2 Å². The Morgan fingerprint density at radius 2 is 2.00 bits per heavy atom. The van der Waals surface area contributed by atoms with Gasteiger partial charge in [-0.25, -0.2) is 9.78 Å². The first kappa shape index (κ1) is 11.2. The molecule has 6 heteroatoms. The monoisotopic (exact) mass is 209 g/mol. The highest BCUT2D eigenvalue weighted by Crippen LogP contribution is 2.15. The zero-order valence-electron chi connectivity index (χ0n) is 5.71. The van der Waals surface area contributed by atoms with Gasteiger partial charge in [-0.1, -0.05) is 23.2 Å². The highest BCUT2D eigenvalue weighted by molar-refractivity contribution is 6.34. The van der Waals surface area contributed by atoms with Crippen LogP contribution in [0.25, 0.3) is 0 Å². The van der Waals surface area contributed by atoms with Crippen LogP contribution in [-0.2, 0) is 0 Å². The highest BCUT2D eigenvalue weighted by Gasteiger charge is 2.08. The van der Waals surface area contributed by atoms with Crippen molar-refractivity contribution in [1.82, 2.24) is 4.98 Å². The van der Waals surface area contributed by atoms with E-state index in [1.54, 1.807) is 0 Å². The van der Waals surface area contributed by atoms with Crippen molar-refractivity contribution in [1.29, 1.82) is 0 Å². The van der Waals surface area contributed by atoms with Crippen molar-refractivity contribution in [3.63, 3.8) is 0 Å². The largest absolute Gasteiger partial charge is 0.478 e. The van der Waals surface area contributed by atoms with Crippen LogP contribution in [0.2, 0.25) is 10.3 Å². The van der Waals surface area contributed by atoms with Crippen molar-refractivity contribution >= 4 is 29.2 Å². The van der Waals surface area contributed by atoms with Gasteiger partial charge in [0, 0.05) is 0 Å². The molecular weight excluding hydrogens is 205 g/mol. The summed E-state index contributed by atoms with van der Waals surface area (Å²) in [5, 5.41) is 8.58. The fourth-order valence-corrected chi connectivity index (χ4v) is 0.997. The van der Waals surface area contributed by atoms with E-state index in [1.807, 2.05) is 0 Å². The van der Waals surface area contributed by atoms with Crippen molar-refractivity contribution in [2.75, 3.05) is 0 Å². The molecule has 0 atom stereocenters. The minimum atomic E-state index is -1.11. The van der Waals surface area contributed by atoms with E-state index in [2.05, 4.69) is 4.98 Å². The average Bonchev–Trinajstić information content (AvgIpc) is 1.85. The summed E-state index contributed by atoms with van der Waals surface area (Å²) in [5.41, 5.74) is -0.0453. The Hall–Kier alpha value is -0.840. The van der Waals surface area contributed by atoms with Crippen LogP contribution in [0.4, 0.5) is 0 Å². The van der Waals surface area contributed by atoms with Gasteiger partial charge in [0.1, 0.15) is 10.3 Å². The number of halogens is 2. The lowest BCUT2D eigenvalue weighted by Gasteiger charge is -1.95. The van der Waals surface area contributed by atoms with Gasteiger partial charge in [0.25, 0.3) is 0 Å². The Balaban J connectivity index is 0.00000121. The number of carbonyl (C=O) groups is 1. The van der Waals surface area contributed by atoms with E-state index in [0.717, 1.165) is 0 Å². The van der Waals surface area contributed by atoms with Gasteiger partial charge in [-0.15, -0.1) is 0 Å². The molecule has 0 aliphatic heterocycles. The molecule has 0 amide bonds. The number of pyridine rings is 1. The SMILES string of the molecule is O.O=C(O)c1ccc(Cl)nc1Cl. The Bertz CT molecular complexity index is 303. The summed E-state index contributed by atoms with van der Waals surface area (Å²) in [6.45, 7) is 0. The van der Waals surface area contributed by atoms with E-state index >= 15 is 0 Å². The molecule has 0 radical (unpaired) electrons. The molecule has 1 aromatic heterocycles. The maximum Gasteiger partial charge on any atom is 0.338 e. The Labute approximate surface area is 78.1 Å². The quantitative estimate of drug-likeness (QED) is 0.708. The molecule has 0 fully saturated rings. The average molecular weight is 210 g/mol. The van der Waals surface area contributed by atoms with Crippen molar-refractivity contribution in [2.24, 2.45) is 0 Å². The van der Waals surface area contributed by atoms with E-state index in [0.29, 0.717) is 0 Å². The summed E-state index contributed by atoms with van der Waals surface area (Å²) in [5.74, 6) is -1.11. The fraction of sp³-hybridized carbons (Fsp3) is 0. The number of carboxylic acid groups (broad SMARTS) is 1. The van der Waals surface area contributed by atoms with E-state index in [4.69, 9.17) is 28.3 Å². The lowest BCUT2D eigenvalue weighted by molar-refractivity contribution is 0.0696. The summed E-state index contributed by atoms with van der Waals surface area (Å²) >= 11 is 10.9. The van der Waals surface area contributed by atoms with Crippen molar-refractivity contribution in [2.45, 2.75) is 0 Å². The molecule has 66 valence electrons. The van der Waals surface area contributed by atoms with Crippen molar-refractivity contribution in [3.05, 3.63) is 28.0 Å². The molecule has 4 nitrogen and oxygen atoms in total. The van der Waals surface area contributed by atoms with Gasteiger partial charge in [-0.05, 0) is 12.1 Å². The third-order valence-electron chi connectivity index (χ3n) is 1.05. The van der Waals surface area contributed by atoms with Crippen LogP contribution in [0.15, 0.2) is 12.1 Å². The van der Waals surface area contributed by atoms with Crippen LogP contribution in [0.3, 0.4) is 0 Å². The molecule has 0 aliphatic carbocycles. The molecule has 0 aromatic carbocycles. The van der Waals surface area contributed by atoms with Crippen LogP contribution in [0.1, 0.15) is 10.4 Å². The summed E-state index contributed by atoms with van der Waals surface area (Å²) in [6.07, 6.45) is 0. The summed E-state index contributed by atoms with van der Waals surface area (Å²) in [7, 11) is 0. The van der Waals surface area contributed by atoms with E-state index in [1.165, 1.54) is 12.1 Å². The third kappa shape index (κ3) is 2.34. The van der Waals surface area contributed by atoms with Gasteiger partial charge < -0.3 is 10.6 Å². The van der Waals surface area contributed by atoms with Gasteiger partial charge in [-0.3, -0.25) is 0 Å². The number of carboxylic acids is 1. The van der Waals surface area contributed by atoms with Crippen molar-refractivity contribution in [3.8, 4) is 0 Å². The van der Waals surface area contributed by atoms with Gasteiger partial charge in [0.15, 0.2) is 0 Å². The summed E-state index contributed by atoms with van der Waals surface area (Å²) < 4.78 is 0. The predicted molar refractivity (Wildman–Crippen MR) is 44.8 cm³/mol. The molecule has 0 saturated carbocycles. The van der Waals surface area contributed by atoms with Gasteiger partial charge in [-0.2, -0.15) is 0 Å². The Kier molecular flexibility index (Phi) is 3.95. The minimum Gasteiger partial charge on any atom is -0.478 e. The van der Waals surface area contributed by atoms with Crippen LogP contribution in [-0.4, -0.2) is 21.5 Å². The Morgan fingerprint density at radius 1 is 1.42 bits per heavy atom. The first-order chi connectivity index (χ1) is 5.11. The number of aromatic nitrogens is 1. The lowest BCUT2D eigenvalue weighted by Crippen LogP contribution is -1.98. The number of aromatic carboxylic acids is 1. The van der Waals surface area contributed by atoms with Crippen LogP contribution in [0.5, 0.6) is 0 Å². The number of hydrogen-bond acceptors (Lipinski definition) is 2. The second-order valence-corrected chi connectivity index (χ2v) is 2.52. The van der Waals surface area contributed by atoms with Crippen molar-refractivity contribution < 1.29 is 15.4 Å². The summed E-state index contributed by atoms with van der Waals surface area (Å²) in [4.78, 5) is 13.9. The molecule has 0 bridgehead atoms. The van der Waals surface area contributed by atoms with E-state index in [9.17, 15) is 4.79 Å². The van der Waals surface area contributed by atoms with E-state index in [-0.39, 0.29) is 21.3 Å². The highest BCUT2D eigenvalue weighted by atomic mass is 35.5. The van der Waals surface area contributed by atoms with Gasteiger partial charge in [0.2, 0.25) is 0 Å². The van der Waals surface area contributed by atoms with Gasteiger partial charge in [0.05, 0.1) is 5.56 Å². The first-order valence-corrected chi connectivity index (χ1v) is 3.42. The smallest absolute Gasteiger partial charge is 0.338 e. The standard InChI is InChI=1S/C6H3Cl2NO2.H2O/c7-4-2-1-3(6(10)11)5(8)9-4;/h1-2H,(H,10,11);1H2. The van der Waals surface area contributed by atoms with E-state index < -0.39 is 5.97 Å². The number of nitrogens with zero attached hydrogens (tertiary/aromatic N) is 1. The molecule has 0 unspecified atom stereocenters. The van der Waals surface area contributed by atoms with Crippen LogP contribution < -0.4 is 0 Å². The second-order valence-electron chi connectivity index (χ2n) is 1.78. The molecule has 12 heavy (non-hydrogen) atoms. The number of rotatable bonds is 1. The van der Waals surface area contributed by atoms with Crippen LogP contribution in [0, 0.1) is 0 Å². The second kappa shape index (κ2) is 4.25. The molecule has 1 rings (SSSR count). The molecule has 1 heterocycles. The molecule has 1 aromatic rings. The third-order valence-corrected chi connectivity index (χ3v) is 1.54. The first-order valence-electron chi connectivity index (χ1n) is 2.66. The molecule has 0 spiro atoms. The zero-order valence-corrected chi connectivity index (χ0v) is 7.23. The lowest BCUT2D eigenvalue weighted by atomic mass is 10.3. The maximum absolute atomic E-state index is 10.4. The maximum atomic E-state index is 10.4. The number of hydrogen-bond donors (Lipinski definition) is 1. The molecule has 3 N–H and O–H groups in total. The molecular formula is C6H5Cl2NO3. The molecule has 0 saturated heterocycles. The normalized spacial score (nSPS) is 8.83. The van der Waals surface area contributed by atoms with Gasteiger partial charge >= 0.3 is 5.97 Å². The topological polar surface area (TPSA) is 81.7 Å². The predicted octanol–water partition coefficient (Wildman–Crippen LogP) is 1.26. The summed E-state index contributed by atoms with van der Waals surface area (Å²) in [6, 6.07) is 2.68. The fourth-order valence-electron chi connectivity index (χ4n) is 0.572. The minimum absolute atomic E-state index is 0. The zero-order chi connectivity index (χ0) is 8.43. The Morgan fingerprint density at radius 3 is 2.42 bits per heavy atom.